The van der Waals surface area contributed by atoms with E-state index in [9.17, 15) is 4.39 Å². The number of piperidine rings is 1. The van der Waals surface area contributed by atoms with Gasteiger partial charge in [-0.05, 0) is 44.0 Å². The summed E-state index contributed by atoms with van der Waals surface area (Å²) in [6, 6.07) is 6.34. The van der Waals surface area contributed by atoms with Gasteiger partial charge in [0.2, 0.25) is 5.95 Å². The Morgan fingerprint density at radius 1 is 1.32 bits per heavy atom. The molecule has 2 heterocycles. The number of methoxy groups -OCH3 is 1. The number of hydrogen-bond donors (Lipinski definition) is 1. The number of hydrogen-bond acceptors (Lipinski definition) is 6. The van der Waals surface area contributed by atoms with E-state index in [-0.39, 0.29) is 5.82 Å². The molecule has 6 nitrogen and oxygen atoms in total. The summed E-state index contributed by atoms with van der Waals surface area (Å²) in [5.74, 6) is 0.801. The molecule has 1 aliphatic heterocycles. The van der Waals surface area contributed by atoms with Crippen LogP contribution < -0.4 is 5.32 Å². The molecule has 0 amide bonds. The van der Waals surface area contributed by atoms with Gasteiger partial charge in [0, 0.05) is 25.8 Å². The summed E-state index contributed by atoms with van der Waals surface area (Å²) >= 11 is 0. The zero-order valence-electron chi connectivity index (χ0n) is 14.5. The third kappa shape index (κ3) is 5.17. The third-order valence-corrected chi connectivity index (χ3v) is 4.55. The Kier molecular flexibility index (Phi) is 6.25. The van der Waals surface area contributed by atoms with Crippen molar-refractivity contribution in [3.05, 3.63) is 36.3 Å². The maximum atomic E-state index is 13.4. The molecule has 0 spiro atoms. The Morgan fingerprint density at radius 2 is 2.16 bits per heavy atom. The zero-order chi connectivity index (χ0) is 17.5. The number of aromatic nitrogens is 3. The molecule has 1 fully saturated rings. The lowest BCUT2D eigenvalue weighted by molar-refractivity contribution is 0.122. The number of benzene rings is 1. The van der Waals surface area contributed by atoms with Gasteiger partial charge in [-0.3, -0.25) is 0 Å². The SMILES string of the molecule is COCCN1CCC(CNc2nncc(-c3cccc(F)c3)n2)CC1. The van der Waals surface area contributed by atoms with E-state index in [1.54, 1.807) is 19.4 Å². The van der Waals surface area contributed by atoms with E-state index in [0.29, 0.717) is 23.1 Å². The fourth-order valence-electron chi connectivity index (χ4n) is 3.04. The van der Waals surface area contributed by atoms with Crippen molar-refractivity contribution in [3.8, 4) is 11.3 Å². The van der Waals surface area contributed by atoms with E-state index in [2.05, 4.69) is 25.4 Å². The van der Waals surface area contributed by atoms with Gasteiger partial charge in [0.15, 0.2) is 0 Å². The standard InChI is InChI=1S/C18H24FN5O/c1-25-10-9-24-7-5-14(6-8-24)12-20-18-22-17(13-21-23-18)15-3-2-4-16(19)11-15/h2-4,11,13-14H,5-10,12H2,1H3,(H,20,22,23). The van der Waals surface area contributed by atoms with E-state index in [4.69, 9.17) is 4.74 Å². The smallest absolute Gasteiger partial charge is 0.243 e. The lowest BCUT2D eigenvalue weighted by Gasteiger charge is -2.31. The fraction of sp³-hybridized carbons (Fsp3) is 0.500. The molecular weight excluding hydrogens is 321 g/mol. The van der Waals surface area contributed by atoms with Gasteiger partial charge in [0.05, 0.1) is 18.5 Å². The van der Waals surface area contributed by atoms with Crippen molar-refractivity contribution in [2.24, 2.45) is 5.92 Å². The molecule has 1 N–H and O–H groups in total. The van der Waals surface area contributed by atoms with Crippen LogP contribution in [0.1, 0.15) is 12.8 Å². The largest absolute Gasteiger partial charge is 0.383 e. The highest BCUT2D eigenvalue weighted by atomic mass is 19.1. The van der Waals surface area contributed by atoms with E-state index in [0.717, 1.165) is 45.6 Å². The van der Waals surface area contributed by atoms with E-state index in [1.807, 2.05) is 6.07 Å². The molecule has 134 valence electrons. The average Bonchev–Trinajstić information content (AvgIpc) is 2.66. The predicted molar refractivity (Wildman–Crippen MR) is 94.8 cm³/mol. The van der Waals surface area contributed by atoms with Crippen molar-refractivity contribution in [1.82, 2.24) is 20.1 Å². The number of ether oxygens (including phenoxy) is 1. The maximum Gasteiger partial charge on any atom is 0.243 e. The van der Waals surface area contributed by atoms with Gasteiger partial charge >= 0.3 is 0 Å². The van der Waals surface area contributed by atoms with Crippen LogP contribution in [0.25, 0.3) is 11.3 Å². The van der Waals surface area contributed by atoms with Crippen LogP contribution in [0.2, 0.25) is 0 Å². The number of rotatable bonds is 7. The summed E-state index contributed by atoms with van der Waals surface area (Å²) < 4.78 is 18.5. The maximum absolute atomic E-state index is 13.4. The normalized spacial score (nSPS) is 16.1. The van der Waals surface area contributed by atoms with Crippen LogP contribution in [-0.4, -0.2) is 60.0 Å². The highest BCUT2D eigenvalue weighted by Crippen LogP contribution is 2.19. The van der Waals surface area contributed by atoms with E-state index >= 15 is 0 Å². The molecule has 1 aliphatic rings. The average molecular weight is 345 g/mol. The van der Waals surface area contributed by atoms with Crippen molar-refractivity contribution in [1.29, 1.82) is 0 Å². The van der Waals surface area contributed by atoms with Crippen LogP contribution in [0, 0.1) is 11.7 Å². The lowest BCUT2D eigenvalue weighted by atomic mass is 9.97. The van der Waals surface area contributed by atoms with Crippen LogP contribution in [-0.2, 0) is 4.74 Å². The molecule has 7 heteroatoms. The van der Waals surface area contributed by atoms with E-state index < -0.39 is 0 Å². The molecular formula is C18H24FN5O. The second-order valence-corrected chi connectivity index (χ2v) is 6.33. The Morgan fingerprint density at radius 3 is 2.92 bits per heavy atom. The summed E-state index contributed by atoms with van der Waals surface area (Å²) in [7, 11) is 1.74. The molecule has 2 aromatic rings. The monoisotopic (exact) mass is 345 g/mol. The van der Waals surface area contributed by atoms with Crippen LogP contribution in [0.4, 0.5) is 10.3 Å². The molecule has 0 aliphatic carbocycles. The first kappa shape index (κ1) is 17.7. The van der Waals surface area contributed by atoms with Crippen molar-refractivity contribution in [2.45, 2.75) is 12.8 Å². The van der Waals surface area contributed by atoms with Crippen LogP contribution in [0.5, 0.6) is 0 Å². The molecule has 0 radical (unpaired) electrons. The first-order valence-corrected chi connectivity index (χ1v) is 8.65. The molecule has 0 unspecified atom stereocenters. The number of anilines is 1. The Labute approximate surface area is 147 Å². The predicted octanol–water partition coefficient (Wildman–Crippen LogP) is 2.45. The molecule has 3 rings (SSSR count). The number of nitrogens with zero attached hydrogens (tertiary/aromatic N) is 4. The highest BCUT2D eigenvalue weighted by molar-refractivity contribution is 5.58. The molecule has 0 saturated carbocycles. The first-order chi connectivity index (χ1) is 12.2. The second-order valence-electron chi connectivity index (χ2n) is 6.33. The fourth-order valence-corrected chi connectivity index (χ4v) is 3.04. The summed E-state index contributed by atoms with van der Waals surface area (Å²) in [6.45, 7) is 4.80. The molecule has 25 heavy (non-hydrogen) atoms. The second kappa shape index (κ2) is 8.82. The van der Waals surface area contributed by atoms with Crippen LogP contribution >= 0.6 is 0 Å². The zero-order valence-corrected chi connectivity index (χ0v) is 14.5. The Bertz CT molecular complexity index is 676. The number of likely N-dealkylation sites (tertiary alicyclic amines) is 1. The number of nitrogens with one attached hydrogen (secondary N) is 1. The van der Waals surface area contributed by atoms with Crippen LogP contribution in [0.3, 0.4) is 0 Å². The quantitative estimate of drug-likeness (QED) is 0.832. The van der Waals surface area contributed by atoms with Crippen LogP contribution in [0.15, 0.2) is 30.5 Å². The van der Waals surface area contributed by atoms with Crippen molar-refractivity contribution in [3.63, 3.8) is 0 Å². The van der Waals surface area contributed by atoms with Gasteiger partial charge < -0.3 is 15.0 Å². The minimum absolute atomic E-state index is 0.286. The summed E-state index contributed by atoms with van der Waals surface area (Å²) in [6.07, 6.45) is 3.84. The molecule has 1 aromatic heterocycles. The summed E-state index contributed by atoms with van der Waals surface area (Å²) in [5.41, 5.74) is 1.32. The minimum atomic E-state index is -0.286. The minimum Gasteiger partial charge on any atom is -0.383 e. The molecule has 0 atom stereocenters. The highest BCUT2D eigenvalue weighted by Gasteiger charge is 2.19. The molecule has 0 bridgehead atoms. The van der Waals surface area contributed by atoms with Gasteiger partial charge in [0.25, 0.3) is 0 Å². The van der Waals surface area contributed by atoms with Gasteiger partial charge in [-0.2, -0.15) is 5.10 Å². The Hall–Kier alpha value is -2.12. The van der Waals surface area contributed by atoms with Gasteiger partial charge in [-0.1, -0.05) is 12.1 Å². The Balaban J connectivity index is 1.52. The third-order valence-electron chi connectivity index (χ3n) is 4.55. The van der Waals surface area contributed by atoms with Crippen molar-refractivity contribution < 1.29 is 9.13 Å². The van der Waals surface area contributed by atoms with Crippen molar-refractivity contribution in [2.75, 3.05) is 45.2 Å². The van der Waals surface area contributed by atoms with Gasteiger partial charge in [-0.15, -0.1) is 5.10 Å². The van der Waals surface area contributed by atoms with Crippen molar-refractivity contribution >= 4 is 5.95 Å². The van der Waals surface area contributed by atoms with Gasteiger partial charge in [0.1, 0.15) is 5.82 Å². The lowest BCUT2D eigenvalue weighted by Crippen LogP contribution is -2.37. The summed E-state index contributed by atoms with van der Waals surface area (Å²) in [4.78, 5) is 6.88. The topological polar surface area (TPSA) is 63.2 Å². The number of halogens is 1. The van der Waals surface area contributed by atoms with E-state index in [1.165, 1.54) is 12.1 Å². The molecule has 1 saturated heterocycles. The molecule has 1 aromatic carbocycles. The first-order valence-electron chi connectivity index (χ1n) is 8.65. The summed E-state index contributed by atoms with van der Waals surface area (Å²) in [5, 5.41) is 11.3. The van der Waals surface area contributed by atoms with Gasteiger partial charge in [-0.25, -0.2) is 9.37 Å².